The molecule has 122 valence electrons. The number of rotatable bonds is 4. The van der Waals surface area contributed by atoms with Gasteiger partial charge in [0, 0.05) is 0 Å². The molecule has 0 unspecified atom stereocenters. The largest absolute Gasteiger partial charge is 0.340 e. The van der Waals surface area contributed by atoms with Gasteiger partial charge in [-0.2, -0.15) is 5.26 Å². The van der Waals surface area contributed by atoms with E-state index in [0.29, 0.717) is 5.82 Å². The topological polar surface area (TPSA) is 87.4 Å². The highest BCUT2D eigenvalue weighted by molar-refractivity contribution is 5.92. The Morgan fingerprint density at radius 3 is 2.64 bits per heavy atom. The monoisotopic (exact) mass is 329 g/mol. The maximum Gasteiger partial charge on any atom is 0.180 e. The van der Waals surface area contributed by atoms with E-state index >= 15 is 0 Å². The number of nitriles is 1. The molecule has 0 saturated carbocycles. The number of H-pyrrole nitrogens is 1. The molecule has 0 aliphatic rings. The van der Waals surface area contributed by atoms with E-state index in [-0.39, 0.29) is 5.78 Å². The Balaban J connectivity index is 1.71. The summed E-state index contributed by atoms with van der Waals surface area (Å²) in [6.45, 7) is 1.78. The van der Waals surface area contributed by atoms with Crippen molar-refractivity contribution in [3.63, 3.8) is 0 Å². The van der Waals surface area contributed by atoms with Gasteiger partial charge in [-0.05, 0) is 31.2 Å². The van der Waals surface area contributed by atoms with Crippen LogP contribution in [0.15, 0.2) is 54.9 Å². The number of Topliss-reactive ketones (excluding diaryl/α,β-unsaturated/α-hetero) is 1. The standard InChI is InChI=1S/C19H15N5O/c1-12(24-11-21-16-8-4-5-9-17(16)24)18(25)13(10-20)19-22-14-6-2-3-7-15(14)23-19/h2-9,11-13H,1H3,(H,22,23)/t12-,13-/m0/s1. The van der Waals surface area contributed by atoms with Gasteiger partial charge in [0.05, 0.1) is 40.5 Å². The van der Waals surface area contributed by atoms with Gasteiger partial charge in [-0.1, -0.05) is 24.3 Å². The van der Waals surface area contributed by atoms with Crippen molar-refractivity contribution < 1.29 is 4.79 Å². The first-order valence-electron chi connectivity index (χ1n) is 7.98. The molecule has 6 heteroatoms. The molecule has 4 rings (SSSR count). The van der Waals surface area contributed by atoms with Crippen LogP contribution in [0.1, 0.15) is 24.7 Å². The number of carbonyl (C=O) groups is 1. The number of hydrogen-bond acceptors (Lipinski definition) is 4. The lowest BCUT2D eigenvalue weighted by Gasteiger charge is -2.15. The first-order valence-corrected chi connectivity index (χ1v) is 7.98. The highest BCUT2D eigenvalue weighted by atomic mass is 16.1. The second-order valence-corrected chi connectivity index (χ2v) is 5.92. The van der Waals surface area contributed by atoms with Crippen molar-refractivity contribution in [3.8, 4) is 6.07 Å². The molecule has 0 aliphatic carbocycles. The predicted molar refractivity (Wildman–Crippen MR) is 93.9 cm³/mol. The lowest BCUT2D eigenvalue weighted by Crippen LogP contribution is -2.22. The molecule has 6 nitrogen and oxygen atoms in total. The summed E-state index contributed by atoms with van der Waals surface area (Å²) < 4.78 is 1.80. The van der Waals surface area contributed by atoms with Crippen LogP contribution in [0.4, 0.5) is 0 Å². The fourth-order valence-corrected chi connectivity index (χ4v) is 3.03. The van der Waals surface area contributed by atoms with Crippen molar-refractivity contribution in [2.24, 2.45) is 0 Å². The number of aromatic nitrogens is 4. The van der Waals surface area contributed by atoms with Crippen LogP contribution in [-0.2, 0) is 4.79 Å². The third-order valence-electron chi connectivity index (χ3n) is 4.40. The number of aromatic amines is 1. The van der Waals surface area contributed by atoms with E-state index in [0.717, 1.165) is 22.1 Å². The van der Waals surface area contributed by atoms with Crippen LogP contribution in [0, 0.1) is 11.3 Å². The fraction of sp³-hybridized carbons (Fsp3) is 0.158. The number of fused-ring (bicyclic) bond motifs is 2. The summed E-state index contributed by atoms with van der Waals surface area (Å²) >= 11 is 0. The van der Waals surface area contributed by atoms with Gasteiger partial charge in [-0.15, -0.1) is 0 Å². The minimum absolute atomic E-state index is 0.218. The molecule has 1 N–H and O–H groups in total. The summed E-state index contributed by atoms with van der Waals surface area (Å²) in [4.78, 5) is 24.8. The Hall–Kier alpha value is -3.46. The van der Waals surface area contributed by atoms with E-state index in [2.05, 4.69) is 21.0 Å². The van der Waals surface area contributed by atoms with Crippen LogP contribution in [-0.4, -0.2) is 25.3 Å². The van der Waals surface area contributed by atoms with E-state index in [9.17, 15) is 10.1 Å². The Morgan fingerprint density at radius 1 is 1.16 bits per heavy atom. The van der Waals surface area contributed by atoms with Crippen LogP contribution in [0.5, 0.6) is 0 Å². The molecule has 4 aromatic rings. The molecule has 2 aromatic heterocycles. The zero-order chi connectivity index (χ0) is 17.4. The average Bonchev–Trinajstić information content (AvgIpc) is 3.25. The van der Waals surface area contributed by atoms with Crippen LogP contribution in [0.25, 0.3) is 22.1 Å². The molecule has 2 aromatic carbocycles. The highest BCUT2D eigenvalue weighted by Gasteiger charge is 2.29. The summed E-state index contributed by atoms with van der Waals surface area (Å²) in [6.07, 6.45) is 1.64. The fourth-order valence-electron chi connectivity index (χ4n) is 3.03. The second-order valence-electron chi connectivity index (χ2n) is 5.92. The molecular formula is C19H15N5O. The third-order valence-corrected chi connectivity index (χ3v) is 4.40. The Labute approximate surface area is 143 Å². The van der Waals surface area contributed by atoms with Crippen molar-refractivity contribution in [1.29, 1.82) is 5.26 Å². The van der Waals surface area contributed by atoms with Gasteiger partial charge in [-0.3, -0.25) is 4.79 Å². The number of imidazole rings is 2. The van der Waals surface area contributed by atoms with Crippen LogP contribution in [0.3, 0.4) is 0 Å². The Bertz CT molecular complexity index is 1080. The first kappa shape index (κ1) is 15.1. The number of ketones is 1. The number of nitrogens with one attached hydrogen (secondary N) is 1. The molecule has 2 atom stereocenters. The van der Waals surface area contributed by atoms with Crippen LogP contribution in [0.2, 0.25) is 0 Å². The summed E-state index contributed by atoms with van der Waals surface area (Å²) in [7, 11) is 0. The van der Waals surface area contributed by atoms with Crippen molar-refractivity contribution in [2.45, 2.75) is 18.9 Å². The molecule has 0 fully saturated rings. The zero-order valence-corrected chi connectivity index (χ0v) is 13.5. The highest BCUT2D eigenvalue weighted by Crippen LogP contribution is 2.25. The van der Waals surface area contributed by atoms with Gasteiger partial charge >= 0.3 is 0 Å². The maximum atomic E-state index is 13.0. The molecule has 2 heterocycles. The Morgan fingerprint density at radius 2 is 1.88 bits per heavy atom. The van der Waals surface area contributed by atoms with Crippen LogP contribution >= 0.6 is 0 Å². The van der Waals surface area contributed by atoms with Gasteiger partial charge < -0.3 is 9.55 Å². The minimum Gasteiger partial charge on any atom is -0.340 e. The lowest BCUT2D eigenvalue weighted by atomic mass is 9.99. The molecule has 0 saturated heterocycles. The molecular weight excluding hydrogens is 314 g/mol. The molecule has 0 amide bonds. The maximum absolute atomic E-state index is 13.0. The number of carbonyl (C=O) groups excluding carboxylic acids is 1. The summed E-state index contributed by atoms with van der Waals surface area (Å²) in [6, 6.07) is 16.7. The smallest absolute Gasteiger partial charge is 0.180 e. The number of para-hydroxylation sites is 4. The molecule has 0 bridgehead atoms. The van der Waals surface area contributed by atoms with Crippen molar-refractivity contribution >= 4 is 27.9 Å². The average molecular weight is 329 g/mol. The Kier molecular flexibility index (Phi) is 3.55. The van der Waals surface area contributed by atoms with Gasteiger partial charge in [-0.25, -0.2) is 9.97 Å². The number of nitrogens with zero attached hydrogens (tertiary/aromatic N) is 4. The first-order chi connectivity index (χ1) is 12.2. The summed E-state index contributed by atoms with van der Waals surface area (Å²) in [5.74, 6) is -0.793. The molecule has 0 radical (unpaired) electrons. The van der Waals surface area contributed by atoms with Crippen molar-refractivity contribution in [3.05, 3.63) is 60.7 Å². The minimum atomic E-state index is -0.955. The second kappa shape index (κ2) is 5.87. The van der Waals surface area contributed by atoms with E-state index in [4.69, 9.17) is 0 Å². The van der Waals surface area contributed by atoms with E-state index in [1.165, 1.54) is 0 Å². The van der Waals surface area contributed by atoms with E-state index in [1.54, 1.807) is 17.8 Å². The summed E-state index contributed by atoms with van der Waals surface area (Å²) in [5.41, 5.74) is 3.24. The van der Waals surface area contributed by atoms with Gasteiger partial charge in [0.15, 0.2) is 11.7 Å². The quantitative estimate of drug-likeness (QED) is 0.622. The van der Waals surface area contributed by atoms with Crippen molar-refractivity contribution in [2.75, 3.05) is 0 Å². The van der Waals surface area contributed by atoms with E-state index in [1.807, 2.05) is 48.5 Å². The van der Waals surface area contributed by atoms with Gasteiger partial charge in [0.25, 0.3) is 0 Å². The third kappa shape index (κ3) is 2.46. The van der Waals surface area contributed by atoms with Gasteiger partial charge in [0.2, 0.25) is 0 Å². The normalized spacial score (nSPS) is 13.6. The van der Waals surface area contributed by atoms with Gasteiger partial charge in [0.1, 0.15) is 5.82 Å². The molecule has 0 spiro atoms. The summed E-state index contributed by atoms with van der Waals surface area (Å²) in [5, 5.41) is 9.58. The van der Waals surface area contributed by atoms with Crippen LogP contribution < -0.4 is 0 Å². The van der Waals surface area contributed by atoms with E-state index < -0.39 is 12.0 Å². The lowest BCUT2D eigenvalue weighted by molar-refractivity contribution is -0.122. The number of benzene rings is 2. The molecule has 0 aliphatic heterocycles. The van der Waals surface area contributed by atoms with Crippen molar-refractivity contribution in [1.82, 2.24) is 19.5 Å². The number of hydrogen-bond donors (Lipinski definition) is 1. The molecule has 25 heavy (non-hydrogen) atoms. The predicted octanol–water partition coefficient (Wildman–Crippen LogP) is 3.35. The zero-order valence-electron chi connectivity index (χ0n) is 13.5. The SMILES string of the molecule is C[C@@H](C(=O)[C@H](C#N)c1nc2ccccc2[nH]1)n1cnc2ccccc21.